The number of fused-ring (bicyclic) bond motifs is 1. The molecule has 1 atom stereocenters. The highest BCUT2D eigenvalue weighted by Gasteiger charge is 2.45. The number of aryl methyl sites for hydroxylation is 1. The van der Waals surface area contributed by atoms with Crippen LogP contribution in [0, 0.1) is 6.92 Å². The molecule has 3 aliphatic rings. The van der Waals surface area contributed by atoms with Gasteiger partial charge in [-0.05, 0) is 65.3 Å². The van der Waals surface area contributed by atoms with Crippen molar-refractivity contribution in [3.8, 4) is 0 Å². The predicted molar refractivity (Wildman–Crippen MR) is 134 cm³/mol. The van der Waals surface area contributed by atoms with Crippen LogP contribution in [-0.2, 0) is 37.3 Å². The monoisotopic (exact) mass is 479 g/mol. The minimum absolute atomic E-state index is 0.0912. The van der Waals surface area contributed by atoms with Gasteiger partial charge in [0.25, 0.3) is 5.24 Å². The zero-order valence-corrected chi connectivity index (χ0v) is 21.4. The molecule has 0 aromatic heterocycles. The van der Waals surface area contributed by atoms with Crippen molar-refractivity contribution in [3.63, 3.8) is 0 Å². The van der Waals surface area contributed by atoms with Crippen LogP contribution in [0.15, 0.2) is 36.4 Å². The fourth-order valence-electron chi connectivity index (χ4n) is 5.57. The minimum atomic E-state index is -0.940. The highest BCUT2D eigenvalue weighted by Crippen LogP contribution is 2.49. The third kappa shape index (κ3) is 3.90. The first-order chi connectivity index (χ1) is 16.0. The van der Waals surface area contributed by atoms with Crippen molar-refractivity contribution < 1.29 is 19.1 Å². The van der Waals surface area contributed by atoms with E-state index in [1.807, 2.05) is 24.3 Å². The van der Waals surface area contributed by atoms with Crippen LogP contribution in [0.5, 0.6) is 0 Å². The van der Waals surface area contributed by atoms with Crippen LogP contribution in [-0.4, -0.2) is 29.6 Å². The molecule has 1 unspecified atom stereocenters. The molecule has 2 fully saturated rings. The summed E-state index contributed by atoms with van der Waals surface area (Å²) in [5.41, 5.74) is 7.24. The SMILES string of the molecule is Cc1cc2c(cc1C1(c3ccc(CC4SC(=O)NC4=O)cc3)OCCO1)C(C)(C)CCC2(C)C. The van der Waals surface area contributed by atoms with E-state index >= 15 is 0 Å². The number of hydrogen-bond donors (Lipinski definition) is 1. The lowest BCUT2D eigenvalue weighted by Crippen LogP contribution is -2.36. The lowest BCUT2D eigenvalue weighted by atomic mass is 9.62. The average Bonchev–Trinajstić information content (AvgIpc) is 3.39. The lowest BCUT2D eigenvalue weighted by Gasteiger charge is -2.43. The number of benzene rings is 2. The summed E-state index contributed by atoms with van der Waals surface area (Å²) < 4.78 is 12.7. The number of rotatable bonds is 4. The molecule has 2 amide bonds. The molecule has 180 valence electrons. The number of nitrogens with one attached hydrogen (secondary N) is 1. The standard InChI is InChI=1S/C28H33NO4S/c1-17-14-21-22(27(4,5)11-10-26(21,2)3)16-20(17)28(32-12-13-33-28)19-8-6-18(7-9-19)15-23-24(30)29-25(31)34-23/h6-9,14,16,23H,10-13,15H2,1-5H3,(H,29,30,31). The van der Waals surface area contributed by atoms with Gasteiger partial charge in [-0.15, -0.1) is 0 Å². The van der Waals surface area contributed by atoms with E-state index < -0.39 is 5.79 Å². The third-order valence-electron chi connectivity index (χ3n) is 7.77. The van der Waals surface area contributed by atoms with E-state index in [0.717, 1.165) is 34.9 Å². The second-order valence-corrected chi connectivity index (χ2v) is 12.3. The van der Waals surface area contributed by atoms with Gasteiger partial charge in [-0.3, -0.25) is 14.9 Å². The van der Waals surface area contributed by atoms with Gasteiger partial charge < -0.3 is 9.47 Å². The Morgan fingerprint density at radius 1 is 0.912 bits per heavy atom. The number of carbonyl (C=O) groups excluding carboxylic acids is 2. The highest BCUT2D eigenvalue weighted by molar-refractivity contribution is 8.15. The average molecular weight is 480 g/mol. The Bertz CT molecular complexity index is 1150. The smallest absolute Gasteiger partial charge is 0.286 e. The minimum Gasteiger partial charge on any atom is -0.340 e. The van der Waals surface area contributed by atoms with Gasteiger partial charge in [-0.25, -0.2) is 0 Å². The third-order valence-corrected chi connectivity index (χ3v) is 8.75. The topological polar surface area (TPSA) is 64.6 Å². The fourth-order valence-corrected chi connectivity index (χ4v) is 6.43. The molecular weight excluding hydrogens is 446 g/mol. The Balaban J connectivity index is 1.53. The molecule has 34 heavy (non-hydrogen) atoms. The van der Waals surface area contributed by atoms with Crippen molar-refractivity contribution in [3.05, 3.63) is 69.8 Å². The fraction of sp³-hybridized carbons (Fsp3) is 0.500. The van der Waals surface area contributed by atoms with Gasteiger partial charge in [0.1, 0.15) is 0 Å². The van der Waals surface area contributed by atoms with Gasteiger partial charge in [-0.2, -0.15) is 0 Å². The molecule has 6 heteroatoms. The summed E-state index contributed by atoms with van der Waals surface area (Å²) in [5.74, 6) is -1.15. The van der Waals surface area contributed by atoms with Gasteiger partial charge in [0.15, 0.2) is 0 Å². The molecule has 0 bridgehead atoms. The molecule has 5 rings (SSSR count). The van der Waals surface area contributed by atoms with Crippen molar-refractivity contribution in [2.75, 3.05) is 13.2 Å². The summed E-state index contributed by atoms with van der Waals surface area (Å²) in [6.07, 6.45) is 2.83. The lowest BCUT2D eigenvalue weighted by molar-refractivity contribution is -0.130. The summed E-state index contributed by atoms with van der Waals surface area (Å²) in [4.78, 5) is 23.5. The van der Waals surface area contributed by atoms with E-state index in [1.165, 1.54) is 23.1 Å². The second kappa shape index (κ2) is 8.21. The van der Waals surface area contributed by atoms with E-state index in [4.69, 9.17) is 9.47 Å². The molecule has 2 aromatic carbocycles. The number of carbonyl (C=O) groups is 2. The number of imide groups is 1. The van der Waals surface area contributed by atoms with Gasteiger partial charge in [0, 0.05) is 11.1 Å². The molecule has 2 aliphatic heterocycles. The molecule has 2 aromatic rings. The molecule has 1 aliphatic carbocycles. The van der Waals surface area contributed by atoms with Gasteiger partial charge in [0.05, 0.1) is 18.5 Å². The summed E-state index contributed by atoms with van der Waals surface area (Å²) in [5, 5.41) is 1.71. The van der Waals surface area contributed by atoms with E-state index in [0.29, 0.717) is 19.6 Å². The predicted octanol–water partition coefficient (Wildman–Crippen LogP) is 5.49. The van der Waals surface area contributed by atoms with Crippen molar-refractivity contribution in [1.82, 2.24) is 5.32 Å². The van der Waals surface area contributed by atoms with Gasteiger partial charge in [0.2, 0.25) is 11.7 Å². The summed E-state index contributed by atoms with van der Waals surface area (Å²) >= 11 is 1.06. The normalized spacial score (nSPS) is 24.7. The molecule has 2 saturated heterocycles. The Hall–Kier alpha value is -2.15. The first-order valence-electron chi connectivity index (χ1n) is 12.1. The zero-order chi connectivity index (χ0) is 24.3. The Labute approximate surface area is 206 Å². The van der Waals surface area contributed by atoms with E-state index in [9.17, 15) is 9.59 Å². The van der Waals surface area contributed by atoms with E-state index in [-0.39, 0.29) is 27.2 Å². The first-order valence-corrected chi connectivity index (χ1v) is 12.9. The maximum absolute atomic E-state index is 12.0. The van der Waals surface area contributed by atoms with Gasteiger partial charge >= 0.3 is 0 Å². The number of thioether (sulfide) groups is 1. The molecule has 0 saturated carbocycles. The Morgan fingerprint density at radius 2 is 1.50 bits per heavy atom. The molecule has 0 radical (unpaired) electrons. The molecule has 0 spiro atoms. The molecule has 2 heterocycles. The Kier molecular flexibility index (Phi) is 5.70. The number of ether oxygens (including phenoxy) is 2. The number of amides is 2. The number of hydrogen-bond acceptors (Lipinski definition) is 5. The van der Waals surface area contributed by atoms with Crippen LogP contribution in [0.3, 0.4) is 0 Å². The summed E-state index contributed by atoms with van der Waals surface area (Å²) in [6.45, 7) is 12.6. The highest BCUT2D eigenvalue weighted by atomic mass is 32.2. The van der Waals surface area contributed by atoms with Crippen LogP contribution in [0.25, 0.3) is 0 Å². The van der Waals surface area contributed by atoms with Crippen LogP contribution >= 0.6 is 11.8 Å². The molecule has 1 N–H and O–H groups in total. The Morgan fingerprint density at radius 3 is 2.06 bits per heavy atom. The second-order valence-electron chi connectivity index (χ2n) is 11.1. The van der Waals surface area contributed by atoms with E-state index in [1.54, 1.807) is 0 Å². The van der Waals surface area contributed by atoms with Crippen molar-refractivity contribution in [2.24, 2.45) is 0 Å². The summed E-state index contributed by atoms with van der Waals surface area (Å²) in [7, 11) is 0. The molecular formula is C28H33NO4S. The maximum atomic E-state index is 12.0. The van der Waals surface area contributed by atoms with Crippen molar-refractivity contribution in [1.29, 1.82) is 0 Å². The maximum Gasteiger partial charge on any atom is 0.286 e. The summed E-state index contributed by atoms with van der Waals surface area (Å²) in [6, 6.07) is 12.8. The van der Waals surface area contributed by atoms with Crippen LogP contribution in [0.2, 0.25) is 0 Å². The first kappa shape index (κ1) is 23.6. The van der Waals surface area contributed by atoms with Crippen LogP contribution in [0.4, 0.5) is 4.79 Å². The zero-order valence-electron chi connectivity index (χ0n) is 20.6. The van der Waals surface area contributed by atoms with Crippen LogP contribution < -0.4 is 5.32 Å². The van der Waals surface area contributed by atoms with Crippen molar-refractivity contribution in [2.45, 2.75) is 75.7 Å². The van der Waals surface area contributed by atoms with Crippen molar-refractivity contribution >= 4 is 22.9 Å². The van der Waals surface area contributed by atoms with Gasteiger partial charge in [-0.1, -0.05) is 69.8 Å². The van der Waals surface area contributed by atoms with Crippen LogP contribution in [0.1, 0.15) is 73.9 Å². The largest absolute Gasteiger partial charge is 0.340 e. The quantitative estimate of drug-likeness (QED) is 0.629. The molecule has 5 nitrogen and oxygen atoms in total. The van der Waals surface area contributed by atoms with E-state index in [2.05, 4.69) is 52.1 Å².